The summed E-state index contributed by atoms with van der Waals surface area (Å²) in [6, 6.07) is 14.7. The average molecular weight is 298 g/mol. The van der Waals surface area contributed by atoms with Gasteiger partial charge in [-0.1, -0.05) is 24.3 Å². The highest BCUT2D eigenvalue weighted by molar-refractivity contribution is 8.00. The number of fused-ring (bicyclic) bond motifs is 2. The molecule has 2 aromatic rings. The highest BCUT2D eigenvalue weighted by Gasteiger charge is 2.23. The van der Waals surface area contributed by atoms with E-state index in [1.54, 1.807) is 0 Å². The first-order chi connectivity index (χ1) is 10.3. The summed E-state index contributed by atoms with van der Waals surface area (Å²) in [4.78, 5) is 1.39. The second-order valence-electron chi connectivity index (χ2n) is 5.78. The van der Waals surface area contributed by atoms with Gasteiger partial charge < -0.3 is 9.84 Å². The van der Waals surface area contributed by atoms with Crippen molar-refractivity contribution in [1.82, 2.24) is 0 Å². The van der Waals surface area contributed by atoms with Crippen LogP contribution in [0.15, 0.2) is 47.4 Å². The molecule has 0 aromatic heterocycles. The Morgan fingerprint density at radius 2 is 2.05 bits per heavy atom. The number of benzene rings is 2. The Morgan fingerprint density at radius 3 is 2.95 bits per heavy atom. The highest BCUT2D eigenvalue weighted by Crippen LogP contribution is 2.37. The third kappa shape index (κ3) is 2.56. The van der Waals surface area contributed by atoms with Crippen LogP contribution in [0.2, 0.25) is 0 Å². The van der Waals surface area contributed by atoms with Gasteiger partial charge in [0.05, 0.1) is 6.10 Å². The van der Waals surface area contributed by atoms with Crippen molar-refractivity contribution >= 4 is 11.8 Å². The second kappa shape index (κ2) is 5.39. The van der Waals surface area contributed by atoms with Crippen LogP contribution < -0.4 is 4.74 Å². The normalized spacial score (nSPS) is 22.9. The Labute approximate surface area is 129 Å². The summed E-state index contributed by atoms with van der Waals surface area (Å²) in [6.45, 7) is 0.737. The lowest BCUT2D eigenvalue weighted by molar-refractivity contribution is 0.180. The Kier molecular flexibility index (Phi) is 3.40. The van der Waals surface area contributed by atoms with Crippen LogP contribution in [0.1, 0.15) is 29.2 Å². The first-order valence-electron chi connectivity index (χ1n) is 7.48. The highest BCUT2D eigenvalue weighted by atomic mass is 32.2. The molecule has 2 aromatic carbocycles. The topological polar surface area (TPSA) is 29.5 Å². The smallest absolute Gasteiger partial charge is 0.119 e. The van der Waals surface area contributed by atoms with Crippen molar-refractivity contribution in [2.75, 3.05) is 6.61 Å². The van der Waals surface area contributed by atoms with E-state index in [-0.39, 0.29) is 6.10 Å². The summed E-state index contributed by atoms with van der Waals surface area (Å²) in [5, 5.41) is 10.3. The lowest BCUT2D eigenvalue weighted by Crippen LogP contribution is -2.13. The number of aliphatic hydroxyl groups excluding tert-OH is 1. The average Bonchev–Trinajstić information content (AvgIpc) is 3.08. The van der Waals surface area contributed by atoms with Crippen LogP contribution in [-0.4, -0.2) is 17.0 Å². The van der Waals surface area contributed by atoms with Crippen molar-refractivity contribution in [1.29, 1.82) is 0 Å². The fraction of sp³-hybridized carbons (Fsp3) is 0.333. The molecule has 1 N–H and O–H groups in total. The predicted octanol–water partition coefficient (Wildman–Crippen LogP) is 3.76. The van der Waals surface area contributed by atoms with E-state index in [2.05, 4.69) is 30.3 Å². The van der Waals surface area contributed by atoms with E-state index in [4.69, 9.17) is 4.74 Å². The maximum Gasteiger partial charge on any atom is 0.119 e. The molecule has 0 bridgehead atoms. The van der Waals surface area contributed by atoms with Gasteiger partial charge in [-0.3, -0.25) is 0 Å². The van der Waals surface area contributed by atoms with Crippen molar-refractivity contribution in [3.05, 3.63) is 59.2 Å². The van der Waals surface area contributed by atoms with Crippen molar-refractivity contribution < 1.29 is 9.84 Å². The van der Waals surface area contributed by atoms with Gasteiger partial charge >= 0.3 is 0 Å². The molecule has 3 heteroatoms. The molecule has 21 heavy (non-hydrogen) atoms. The second-order valence-corrected chi connectivity index (χ2v) is 7.12. The maximum absolute atomic E-state index is 9.83. The van der Waals surface area contributed by atoms with E-state index < -0.39 is 0 Å². The zero-order chi connectivity index (χ0) is 14.2. The Morgan fingerprint density at radius 1 is 1.14 bits per heavy atom. The summed E-state index contributed by atoms with van der Waals surface area (Å²) < 4.78 is 5.98. The van der Waals surface area contributed by atoms with Crippen LogP contribution in [-0.2, 0) is 12.8 Å². The van der Waals surface area contributed by atoms with Gasteiger partial charge in [0.1, 0.15) is 12.4 Å². The quantitative estimate of drug-likeness (QED) is 0.935. The van der Waals surface area contributed by atoms with Crippen LogP contribution in [0, 0.1) is 0 Å². The summed E-state index contributed by atoms with van der Waals surface area (Å²) >= 11 is 1.92. The molecule has 108 valence electrons. The van der Waals surface area contributed by atoms with Gasteiger partial charge in [0.15, 0.2) is 0 Å². The van der Waals surface area contributed by atoms with Crippen LogP contribution in [0.3, 0.4) is 0 Å². The Hall–Kier alpha value is -1.45. The van der Waals surface area contributed by atoms with Gasteiger partial charge in [0, 0.05) is 10.1 Å². The molecule has 1 unspecified atom stereocenters. The summed E-state index contributed by atoms with van der Waals surface area (Å²) in [5.41, 5.74) is 3.75. The maximum atomic E-state index is 9.83. The standard InChI is InChI=1S/C18H18O2S/c19-17-8-5-12-9-14(6-7-16(12)17)20-11-15-10-13-3-1-2-4-18(13)21-15/h1-4,6-7,9,15,17,19H,5,8,10-11H2/t15?,17-/m0/s1. The number of aliphatic hydroxyl groups is 1. The molecule has 2 aliphatic rings. The molecule has 1 heterocycles. The summed E-state index contributed by atoms with van der Waals surface area (Å²) in [7, 11) is 0. The van der Waals surface area contributed by atoms with Crippen molar-refractivity contribution in [2.24, 2.45) is 0 Å². The first kappa shape index (κ1) is 13.2. The predicted molar refractivity (Wildman–Crippen MR) is 85.0 cm³/mol. The van der Waals surface area contributed by atoms with Gasteiger partial charge in [0.2, 0.25) is 0 Å². The van der Waals surface area contributed by atoms with E-state index >= 15 is 0 Å². The molecular formula is C18H18O2S. The van der Waals surface area contributed by atoms with Crippen LogP contribution in [0.25, 0.3) is 0 Å². The SMILES string of the molecule is O[C@H]1CCc2cc(OCC3Cc4ccccc4S3)ccc21. The van der Waals surface area contributed by atoms with E-state index in [0.29, 0.717) is 5.25 Å². The number of hydrogen-bond acceptors (Lipinski definition) is 3. The van der Waals surface area contributed by atoms with Gasteiger partial charge in [0.25, 0.3) is 0 Å². The van der Waals surface area contributed by atoms with E-state index in [1.165, 1.54) is 16.0 Å². The monoisotopic (exact) mass is 298 g/mol. The van der Waals surface area contributed by atoms with Gasteiger partial charge in [-0.25, -0.2) is 0 Å². The number of thioether (sulfide) groups is 1. The molecule has 0 fully saturated rings. The first-order valence-corrected chi connectivity index (χ1v) is 8.36. The molecule has 2 nitrogen and oxygen atoms in total. The van der Waals surface area contributed by atoms with Crippen LogP contribution in [0.4, 0.5) is 0 Å². The van der Waals surface area contributed by atoms with Crippen molar-refractivity contribution in [3.63, 3.8) is 0 Å². The van der Waals surface area contributed by atoms with E-state index in [1.807, 2.05) is 23.9 Å². The number of ether oxygens (including phenoxy) is 1. The third-order valence-electron chi connectivity index (χ3n) is 4.31. The van der Waals surface area contributed by atoms with Gasteiger partial charge in [-0.2, -0.15) is 0 Å². The Balaban J connectivity index is 1.40. The molecule has 0 amide bonds. The minimum absolute atomic E-state index is 0.283. The fourth-order valence-electron chi connectivity index (χ4n) is 3.20. The van der Waals surface area contributed by atoms with E-state index in [0.717, 1.165) is 37.2 Å². The molecule has 0 saturated heterocycles. The minimum Gasteiger partial charge on any atom is -0.492 e. The summed E-state index contributed by atoms with van der Waals surface area (Å²) in [6.07, 6.45) is 2.60. The molecule has 2 atom stereocenters. The molecule has 0 radical (unpaired) electrons. The molecular weight excluding hydrogens is 280 g/mol. The summed E-state index contributed by atoms with van der Waals surface area (Å²) in [5.74, 6) is 0.930. The number of rotatable bonds is 3. The number of hydrogen-bond donors (Lipinski definition) is 1. The lowest BCUT2D eigenvalue weighted by atomic mass is 10.1. The minimum atomic E-state index is -0.283. The van der Waals surface area contributed by atoms with Crippen molar-refractivity contribution in [2.45, 2.75) is 35.5 Å². The van der Waals surface area contributed by atoms with Crippen LogP contribution >= 0.6 is 11.8 Å². The van der Waals surface area contributed by atoms with Crippen LogP contribution in [0.5, 0.6) is 5.75 Å². The fourth-order valence-corrected chi connectivity index (χ4v) is 4.42. The third-order valence-corrected chi connectivity index (χ3v) is 5.60. The molecule has 4 rings (SSSR count). The number of aryl methyl sites for hydroxylation is 1. The lowest BCUT2D eigenvalue weighted by Gasteiger charge is -2.12. The van der Waals surface area contributed by atoms with Gasteiger partial charge in [-0.15, -0.1) is 11.8 Å². The molecule has 1 aliphatic heterocycles. The largest absolute Gasteiger partial charge is 0.492 e. The van der Waals surface area contributed by atoms with Gasteiger partial charge in [-0.05, 0) is 54.2 Å². The molecule has 0 saturated carbocycles. The Bertz CT molecular complexity index is 643. The van der Waals surface area contributed by atoms with E-state index in [9.17, 15) is 5.11 Å². The zero-order valence-corrected chi connectivity index (χ0v) is 12.6. The molecule has 1 aliphatic carbocycles. The molecule has 0 spiro atoms. The van der Waals surface area contributed by atoms with Crippen molar-refractivity contribution in [3.8, 4) is 5.75 Å². The zero-order valence-electron chi connectivity index (χ0n) is 11.8.